The van der Waals surface area contributed by atoms with Gasteiger partial charge in [-0.2, -0.15) is 0 Å². The lowest BCUT2D eigenvalue weighted by Crippen LogP contribution is -2.49. The number of nitrogens with zero attached hydrogens (tertiary/aromatic N) is 5. The number of likely N-dealkylation sites (tertiary alicyclic amines) is 1. The molecule has 2 aliphatic rings. The molecule has 3 amide bonds. The van der Waals surface area contributed by atoms with Gasteiger partial charge in [0.05, 0.1) is 35.2 Å². The summed E-state index contributed by atoms with van der Waals surface area (Å²) in [5, 5.41) is 11.5. The highest BCUT2D eigenvalue weighted by Gasteiger charge is 2.25. The number of hydrogen-bond acceptors (Lipinski definition) is 9. The van der Waals surface area contributed by atoms with Crippen LogP contribution in [-0.4, -0.2) is 86.1 Å². The van der Waals surface area contributed by atoms with Crippen LogP contribution in [0.1, 0.15) is 67.9 Å². The van der Waals surface area contributed by atoms with Gasteiger partial charge in [-0.3, -0.25) is 29.1 Å². The van der Waals surface area contributed by atoms with Gasteiger partial charge in [-0.1, -0.05) is 102 Å². The first-order chi connectivity index (χ1) is 31.2. The maximum absolute atomic E-state index is 13.0. The third kappa shape index (κ3) is 16.0. The van der Waals surface area contributed by atoms with E-state index in [1.54, 1.807) is 60.4 Å². The molecule has 67 heavy (non-hydrogen) atoms. The Morgan fingerprint density at radius 3 is 1.30 bits per heavy atom. The fourth-order valence-electron chi connectivity index (χ4n) is 7.13. The standard InChI is InChI=1S/C24H22Cl2N4O2.C22H20Cl2N4O.C2H3ClO.CH4.ClH/c1-15(31)30-12-2-3-20(14-30)28-24(32)21-13-27-22(16-4-8-18(25)9-5-16)23(29-21)17-6-10-19(26)11-7-17;23-16-7-3-14(4-8-16)20-21(15-5-9-17(24)10-6-15)28-19(13-26-20)22(29)27-18-2-1-11-25-12-18;1-2(3)4;;/h4-11,13,20H,2-3,12,14H2,1H3,(H,28,32);3-10,13,18,25H,1-2,11-12H2,(H,27,29);1H3;1H4;1H. The predicted octanol–water partition coefficient (Wildman–Crippen LogP) is 11.3. The molecule has 0 spiro atoms. The number of benzene rings is 4. The van der Waals surface area contributed by atoms with Gasteiger partial charge < -0.3 is 20.9 Å². The normalized spacial score (nSPS) is 15.1. The van der Waals surface area contributed by atoms with Crippen LogP contribution in [0.4, 0.5) is 0 Å². The fraction of sp³-hybridized carbons (Fsp3) is 0.265. The smallest absolute Gasteiger partial charge is 0.271 e. The first-order valence-corrected chi connectivity index (χ1v) is 22.6. The van der Waals surface area contributed by atoms with Crippen molar-refractivity contribution in [3.8, 4) is 45.0 Å². The van der Waals surface area contributed by atoms with Gasteiger partial charge in [0, 0.05) is 87.9 Å². The summed E-state index contributed by atoms with van der Waals surface area (Å²) >= 11 is 28.8. The van der Waals surface area contributed by atoms with Crippen LogP contribution in [0.25, 0.3) is 45.0 Å². The third-order valence-corrected chi connectivity index (χ3v) is 11.3. The molecule has 2 aromatic heterocycles. The van der Waals surface area contributed by atoms with Crippen LogP contribution in [0.5, 0.6) is 0 Å². The van der Waals surface area contributed by atoms with E-state index < -0.39 is 0 Å². The number of halogens is 6. The Kier molecular flexibility index (Phi) is 21.4. The quantitative estimate of drug-likeness (QED) is 0.126. The molecule has 2 unspecified atom stereocenters. The molecule has 4 aromatic carbocycles. The van der Waals surface area contributed by atoms with Crippen LogP contribution in [-0.2, 0) is 9.59 Å². The van der Waals surface area contributed by atoms with Crippen molar-refractivity contribution in [3.05, 3.63) is 141 Å². The summed E-state index contributed by atoms with van der Waals surface area (Å²) in [6.45, 7) is 5.82. The number of aromatic nitrogens is 4. The van der Waals surface area contributed by atoms with E-state index in [1.165, 1.54) is 19.3 Å². The van der Waals surface area contributed by atoms with Crippen molar-refractivity contribution in [3.63, 3.8) is 0 Å². The Bertz CT molecular complexity index is 2590. The number of hydrogen-bond donors (Lipinski definition) is 3. The van der Waals surface area contributed by atoms with Crippen molar-refractivity contribution in [2.24, 2.45) is 0 Å². The molecule has 0 radical (unpaired) electrons. The molecular weight excluding hydrogens is 977 g/mol. The highest BCUT2D eigenvalue weighted by atomic mass is 35.5. The number of carbonyl (C=O) groups is 4. The van der Waals surface area contributed by atoms with Crippen LogP contribution < -0.4 is 16.0 Å². The summed E-state index contributed by atoms with van der Waals surface area (Å²) in [7, 11) is 0. The van der Waals surface area contributed by atoms with E-state index in [1.807, 2.05) is 48.5 Å². The molecule has 4 heterocycles. The SMILES string of the molecule is C.CC(=O)Cl.CC(=O)N1CCCC(NC(=O)c2cnc(-c3ccc(Cl)cc3)c(-c3ccc(Cl)cc3)n2)C1.Cl.O=C(NC1CCCNC1)c1cnc(-c2ccc(Cl)cc2)c(-c2ccc(Cl)cc2)n1. The molecule has 2 fully saturated rings. The number of carbonyl (C=O) groups excluding carboxylic acids is 4. The van der Waals surface area contributed by atoms with Crippen molar-refractivity contribution < 1.29 is 19.2 Å². The van der Waals surface area contributed by atoms with Gasteiger partial charge in [0.1, 0.15) is 11.4 Å². The number of nitrogens with one attached hydrogen (secondary N) is 3. The van der Waals surface area contributed by atoms with Gasteiger partial charge >= 0.3 is 0 Å². The Morgan fingerprint density at radius 2 is 0.940 bits per heavy atom. The summed E-state index contributed by atoms with van der Waals surface area (Å²) < 4.78 is 0. The first-order valence-electron chi connectivity index (χ1n) is 20.8. The number of amides is 3. The van der Waals surface area contributed by atoms with Gasteiger partial charge in [0.25, 0.3) is 11.8 Å². The summed E-state index contributed by atoms with van der Waals surface area (Å²) in [4.78, 5) is 66.9. The second kappa shape index (κ2) is 26.4. The van der Waals surface area contributed by atoms with Crippen molar-refractivity contribution in [1.29, 1.82) is 0 Å². The minimum atomic E-state index is -0.361. The van der Waals surface area contributed by atoms with Crippen LogP contribution >= 0.6 is 70.4 Å². The van der Waals surface area contributed by atoms with Gasteiger partial charge in [-0.05, 0) is 92.4 Å². The first kappa shape index (κ1) is 54.4. The molecular formula is C49H50Cl6N8O4. The second-order valence-electron chi connectivity index (χ2n) is 15.2. The molecule has 0 bridgehead atoms. The van der Waals surface area contributed by atoms with Crippen LogP contribution in [0.15, 0.2) is 109 Å². The minimum Gasteiger partial charge on any atom is -0.347 e. The zero-order valence-electron chi connectivity index (χ0n) is 35.9. The van der Waals surface area contributed by atoms with E-state index in [9.17, 15) is 19.2 Å². The summed E-state index contributed by atoms with van der Waals surface area (Å²) in [6.07, 6.45) is 6.66. The van der Waals surface area contributed by atoms with E-state index in [-0.39, 0.29) is 60.6 Å². The Balaban J connectivity index is 0.000000265. The lowest BCUT2D eigenvalue weighted by molar-refractivity contribution is -0.130. The van der Waals surface area contributed by atoms with E-state index in [2.05, 4.69) is 47.5 Å². The predicted molar refractivity (Wildman–Crippen MR) is 272 cm³/mol. The summed E-state index contributed by atoms with van der Waals surface area (Å²) in [5.74, 6) is -0.518. The topological polar surface area (TPSA) is 159 Å². The van der Waals surface area contributed by atoms with Gasteiger partial charge in [-0.25, -0.2) is 9.97 Å². The molecule has 0 aliphatic carbocycles. The summed E-state index contributed by atoms with van der Waals surface area (Å²) in [6, 6.07) is 29.3. The molecule has 2 atom stereocenters. The van der Waals surface area contributed by atoms with E-state index in [0.29, 0.717) is 55.1 Å². The number of rotatable bonds is 8. The average molecular weight is 1030 g/mol. The van der Waals surface area contributed by atoms with Crippen molar-refractivity contribution in [1.82, 2.24) is 40.8 Å². The van der Waals surface area contributed by atoms with Crippen LogP contribution in [0, 0.1) is 0 Å². The fourth-order valence-corrected chi connectivity index (χ4v) is 7.63. The van der Waals surface area contributed by atoms with Crippen LogP contribution in [0.2, 0.25) is 20.1 Å². The monoisotopic (exact) mass is 1020 g/mol. The highest BCUT2D eigenvalue weighted by molar-refractivity contribution is 6.62. The third-order valence-electron chi connectivity index (χ3n) is 10.3. The highest BCUT2D eigenvalue weighted by Crippen LogP contribution is 2.32. The van der Waals surface area contributed by atoms with E-state index in [0.717, 1.165) is 67.6 Å². The van der Waals surface area contributed by atoms with Crippen molar-refractivity contribution in [2.75, 3.05) is 26.2 Å². The van der Waals surface area contributed by atoms with E-state index in [4.69, 9.17) is 46.4 Å². The lowest BCUT2D eigenvalue weighted by atomic mass is 10.0. The van der Waals surface area contributed by atoms with Crippen molar-refractivity contribution in [2.45, 2.75) is 59.0 Å². The van der Waals surface area contributed by atoms with E-state index >= 15 is 0 Å². The molecule has 2 aliphatic heterocycles. The molecule has 0 saturated carbocycles. The summed E-state index contributed by atoms with van der Waals surface area (Å²) in [5.41, 5.74) is 6.36. The molecule has 3 N–H and O–H groups in total. The van der Waals surface area contributed by atoms with Crippen molar-refractivity contribution >= 4 is 93.4 Å². The second-order valence-corrected chi connectivity index (χ2v) is 17.5. The Labute approximate surface area is 422 Å². The lowest BCUT2D eigenvalue weighted by Gasteiger charge is -2.32. The minimum absolute atomic E-state index is 0. The van der Waals surface area contributed by atoms with Crippen LogP contribution in [0.3, 0.4) is 0 Å². The molecule has 8 rings (SSSR count). The molecule has 6 aromatic rings. The Hall–Kier alpha value is -5.18. The number of piperidine rings is 2. The zero-order valence-corrected chi connectivity index (χ0v) is 40.5. The molecule has 352 valence electrons. The molecule has 2 saturated heterocycles. The molecule has 18 heteroatoms. The maximum Gasteiger partial charge on any atom is 0.271 e. The Morgan fingerprint density at radius 1 is 0.582 bits per heavy atom. The largest absolute Gasteiger partial charge is 0.347 e. The maximum atomic E-state index is 13.0. The van der Waals surface area contributed by atoms with Gasteiger partial charge in [0.15, 0.2) is 0 Å². The zero-order chi connectivity index (χ0) is 46.5. The molecule has 12 nitrogen and oxygen atoms in total. The van der Waals surface area contributed by atoms with Gasteiger partial charge in [0.2, 0.25) is 11.1 Å². The average Bonchev–Trinajstić information content (AvgIpc) is 3.30. The van der Waals surface area contributed by atoms with Gasteiger partial charge in [-0.15, -0.1) is 12.4 Å².